The number of pyridine rings is 1. The molecule has 0 radical (unpaired) electrons. The predicted molar refractivity (Wildman–Crippen MR) is 87.6 cm³/mol. The number of hydrogen-bond donors (Lipinski definition) is 0. The number of hydrogen-bond acceptors (Lipinski definition) is 6. The summed E-state index contributed by atoms with van der Waals surface area (Å²) < 4.78 is 13.5. The van der Waals surface area contributed by atoms with Crippen molar-refractivity contribution in [1.29, 1.82) is 0 Å². The van der Waals surface area contributed by atoms with Gasteiger partial charge in [0.15, 0.2) is 5.82 Å². The van der Waals surface area contributed by atoms with Gasteiger partial charge < -0.3 is 14.0 Å². The molecule has 2 aromatic rings. The van der Waals surface area contributed by atoms with Crippen LogP contribution in [-0.2, 0) is 17.9 Å². The SMILES string of the molecule is CC1c2nnc(COc3cccnc3)n2CCN1C1CCOCC1. The maximum absolute atomic E-state index is 5.78. The summed E-state index contributed by atoms with van der Waals surface area (Å²) in [5.41, 5.74) is 0. The van der Waals surface area contributed by atoms with Crippen LogP contribution in [0.3, 0.4) is 0 Å². The van der Waals surface area contributed by atoms with E-state index in [1.807, 2.05) is 12.1 Å². The van der Waals surface area contributed by atoms with Crippen LogP contribution in [0.4, 0.5) is 0 Å². The molecule has 7 nitrogen and oxygen atoms in total. The van der Waals surface area contributed by atoms with Crippen LogP contribution in [-0.4, -0.2) is 50.4 Å². The molecular formula is C17H23N5O2. The smallest absolute Gasteiger partial charge is 0.171 e. The molecule has 0 spiro atoms. The molecular weight excluding hydrogens is 306 g/mol. The average molecular weight is 329 g/mol. The molecule has 1 unspecified atom stereocenters. The van der Waals surface area contributed by atoms with Crippen molar-refractivity contribution in [3.8, 4) is 5.75 Å². The van der Waals surface area contributed by atoms with Gasteiger partial charge >= 0.3 is 0 Å². The third kappa shape index (κ3) is 3.01. The molecule has 24 heavy (non-hydrogen) atoms. The summed E-state index contributed by atoms with van der Waals surface area (Å²) in [4.78, 5) is 6.61. The Morgan fingerprint density at radius 1 is 1.25 bits per heavy atom. The van der Waals surface area contributed by atoms with Gasteiger partial charge in [-0.25, -0.2) is 0 Å². The maximum Gasteiger partial charge on any atom is 0.171 e. The Kier molecular flexibility index (Phi) is 4.44. The lowest BCUT2D eigenvalue weighted by atomic mass is 10.0. The topological polar surface area (TPSA) is 65.3 Å². The van der Waals surface area contributed by atoms with Crippen molar-refractivity contribution in [3.63, 3.8) is 0 Å². The van der Waals surface area contributed by atoms with Crippen molar-refractivity contribution in [1.82, 2.24) is 24.6 Å². The highest BCUT2D eigenvalue weighted by Crippen LogP contribution is 2.29. The van der Waals surface area contributed by atoms with E-state index >= 15 is 0 Å². The summed E-state index contributed by atoms with van der Waals surface area (Å²) >= 11 is 0. The first-order valence-electron chi connectivity index (χ1n) is 8.61. The highest BCUT2D eigenvalue weighted by molar-refractivity contribution is 5.16. The Labute approximate surface area is 141 Å². The van der Waals surface area contributed by atoms with Gasteiger partial charge in [0.2, 0.25) is 0 Å². The van der Waals surface area contributed by atoms with Gasteiger partial charge in [-0.15, -0.1) is 10.2 Å². The summed E-state index contributed by atoms with van der Waals surface area (Å²) in [6.07, 6.45) is 5.66. The van der Waals surface area contributed by atoms with E-state index < -0.39 is 0 Å². The number of aromatic nitrogens is 4. The Bertz CT molecular complexity index is 669. The maximum atomic E-state index is 5.78. The zero-order valence-electron chi connectivity index (χ0n) is 14.0. The highest BCUT2D eigenvalue weighted by atomic mass is 16.5. The van der Waals surface area contributed by atoms with E-state index in [0.29, 0.717) is 12.6 Å². The van der Waals surface area contributed by atoms with Crippen LogP contribution in [0.25, 0.3) is 0 Å². The Hall–Kier alpha value is -1.99. The quantitative estimate of drug-likeness (QED) is 0.852. The van der Waals surface area contributed by atoms with Gasteiger partial charge in [0.25, 0.3) is 0 Å². The predicted octanol–water partition coefficient (Wildman–Crippen LogP) is 1.81. The monoisotopic (exact) mass is 329 g/mol. The van der Waals surface area contributed by atoms with Crippen LogP contribution in [0.15, 0.2) is 24.5 Å². The molecule has 7 heteroatoms. The lowest BCUT2D eigenvalue weighted by Gasteiger charge is -2.41. The zero-order valence-corrected chi connectivity index (χ0v) is 14.0. The fourth-order valence-electron chi connectivity index (χ4n) is 3.66. The molecule has 128 valence electrons. The van der Waals surface area contributed by atoms with Crippen molar-refractivity contribution < 1.29 is 9.47 Å². The van der Waals surface area contributed by atoms with E-state index in [0.717, 1.165) is 56.5 Å². The molecule has 1 saturated heterocycles. The van der Waals surface area contributed by atoms with E-state index in [-0.39, 0.29) is 6.04 Å². The summed E-state index contributed by atoms with van der Waals surface area (Å²) in [7, 11) is 0. The van der Waals surface area contributed by atoms with Crippen LogP contribution < -0.4 is 4.74 Å². The number of fused-ring (bicyclic) bond motifs is 1. The Morgan fingerprint density at radius 2 is 2.12 bits per heavy atom. The second kappa shape index (κ2) is 6.86. The Balaban J connectivity index is 1.46. The minimum absolute atomic E-state index is 0.279. The van der Waals surface area contributed by atoms with E-state index in [4.69, 9.17) is 9.47 Å². The average Bonchev–Trinajstić information content (AvgIpc) is 3.06. The van der Waals surface area contributed by atoms with Crippen LogP contribution in [0, 0.1) is 0 Å². The molecule has 1 fully saturated rings. The zero-order chi connectivity index (χ0) is 16.4. The molecule has 1 atom stereocenters. The van der Waals surface area contributed by atoms with Gasteiger partial charge in [0.1, 0.15) is 18.2 Å². The first kappa shape index (κ1) is 15.5. The minimum Gasteiger partial charge on any atom is -0.484 e. The normalized spacial score (nSPS) is 22.3. The second-order valence-corrected chi connectivity index (χ2v) is 6.36. The van der Waals surface area contributed by atoms with Crippen LogP contribution in [0.5, 0.6) is 5.75 Å². The van der Waals surface area contributed by atoms with E-state index in [9.17, 15) is 0 Å². The van der Waals surface area contributed by atoms with E-state index in [1.54, 1.807) is 12.4 Å². The molecule has 0 aliphatic carbocycles. The molecule has 2 aliphatic rings. The van der Waals surface area contributed by atoms with Crippen LogP contribution in [0.1, 0.15) is 37.5 Å². The second-order valence-electron chi connectivity index (χ2n) is 6.36. The molecule has 0 N–H and O–H groups in total. The number of nitrogens with zero attached hydrogens (tertiary/aromatic N) is 5. The van der Waals surface area contributed by atoms with Crippen LogP contribution >= 0.6 is 0 Å². The highest BCUT2D eigenvalue weighted by Gasteiger charge is 2.33. The molecule has 2 aliphatic heterocycles. The largest absolute Gasteiger partial charge is 0.484 e. The minimum atomic E-state index is 0.279. The third-order valence-electron chi connectivity index (χ3n) is 4.97. The number of ether oxygens (including phenoxy) is 2. The fraction of sp³-hybridized carbons (Fsp3) is 0.588. The first-order valence-corrected chi connectivity index (χ1v) is 8.61. The molecule has 0 saturated carbocycles. The van der Waals surface area contributed by atoms with Crippen molar-refractivity contribution in [2.45, 2.75) is 45.0 Å². The van der Waals surface area contributed by atoms with E-state index in [2.05, 4.69) is 31.6 Å². The standard InChI is InChI=1S/C17H23N5O2/c1-13-17-20-19-16(12-24-15-3-2-6-18-11-15)22(17)8-7-21(13)14-4-9-23-10-5-14/h2-3,6,11,13-14H,4-5,7-10,12H2,1H3. The van der Waals surface area contributed by atoms with Gasteiger partial charge in [0.05, 0.1) is 12.2 Å². The molecule has 0 aromatic carbocycles. The van der Waals surface area contributed by atoms with Crippen molar-refractivity contribution in [2.24, 2.45) is 0 Å². The molecule has 4 rings (SSSR count). The molecule has 0 bridgehead atoms. The molecule has 0 amide bonds. The van der Waals surface area contributed by atoms with Crippen molar-refractivity contribution in [3.05, 3.63) is 36.2 Å². The van der Waals surface area contributed by atoms with Gasteiger partial charge in [-0.3, -0.25) is 9.88 Å². The number of rotatable bonds is 4. The third-order valence-corrected chi connectivity index (χ3v) is 4.97. The van der Waals surface area contributed by atoms with Crippen molar-refractivity contribution >= 4 is 0 Å². The van der Waals surface area contributed by atoms with E-state index in [1.165, 1.54) is 0 Å². The lowest BCUT2D eigenvalue weighted by Crippen LogP contribution is -2.46. The molecule has 2 aromatic heterocycles. The fourth-order valence-corrected chi connectivity index (χ4v) is 3.66. The summed E-state index contributed by atoms with van der Waals surface area (Å²) in [6, 6.07) is 4.63. The van der Waals surface area contributed by atoms with Gasteiger partial charge in [-0.05, 0) is 31.9 Å². The van der Waals surface area contributed by atoms with Crippen molar-refractivity contribution in [2.75, 3.05) is 19.8 Å². The Morgan fingerprint density at radius 3 is 2.92 bits per heavy atom. The van der Waals surface area contributed by atoms with Crippen LogP contribution in [0.2, 0.25) is 0 Å². The summed E-state index contributed by atoms with van der Waals surface area (Å²) in [6.45, 7) is 6.31. The van der Waals surface area contributed by atoms with Gasteiger partial charge in [-0.2, -0.15) is 0 Å². The summed E-state index contributed by atoms with van der Waals surface area (Å²) in [5.74, 6) is 2.67. The van der Waals surface area contributed by atoms with Gasteiger partial charge in [0, 0.05) is 38.5 Å². The van der Waals surface area contributed by atoms with Gasteiger partial charge in [-0.1, -0.05) is 0 Å². The molecule has 4 heterocycles. The lowest BCUT2D eigenvalue weighted by molar-refractivity contribution is 0.00852. The first-order chi connectivity index (χ1) is 11.8. The summed E-state index contributed by atoms with van der Waals surface area (Å²) in [5, 5.41) is 8.80.